The average molecular weight is 332 g/mol. The molecule has 1 aromatic rings. The second-order valence-corrected chi connectivity index (χ2v) is 5.71. The Morgan fingerprint density at radius 1 is 1.33 bits per heavy atom. The van der Waals surface area contributed by atoms with Gasteiger partial charge in [0.1, 0.15) is 0 Å². The number of nitrogens with one attached hydrogen (secondary N) is 1. The van der Waals surface area contributed by atoms with Crippen molar-refractivity contribution in [3.63, 3.8) is 0 Å². The van der Waals surface area contributed by atoms with Crippen LogP contribution >= 0.6 is 24.0 Å². The van der Waals surface area contributed by atoms with E-state index < -0.39 is 0 Å². The molecule has 4 nitrogen and oxygen atoms in total. The van der Waals surface area contributed by atoms with Gasteiger partial charge in [-0.05, 0) is 50.5 Å². The molecule has 1 aliphatic rings. The number of halogens is 2. The van der Waals surface area contributed by atoms with Gasteiger partial charge in [-0.25, -0.2) is 0 Å². The molecule has 0 aliphatic carbocycles. The van der Waals surface area contributed by atoms with Crippen molar-refractivity contribution in [1.82, 2.24) is 4.90 Å². The van der Waals surface area contributed by atoms with E-state index in [0.29, 0.717) is 23.0 Å². The summed E-state index contributed by atoms with van der Waals surface area (Å²) in [4.78, 5) is 14.2. The molecule has 0 aromatic heterocycles. The number of benzene rings is 1. The minimum Gasteiger partial charge on any atom is -0.330 e. The molecular weight excluding hydrogens is 309 g/mol. The van der Waals surface area contributed by atoms with Crippen molar-refractivity contribution in [2.75, 3.05) is 31.5 Å². The van der Waals surface area contributed by atoms with Crippen LogP contribution < -0.4 is 11.1 Å². The maximum Gasteiger partial charge on any atom is 0.225 e. The Bertz CT molecular complexity index is 448. The second kappa shape index (κ2) is 9.26. The first-order valence-corrected chi connectivity index (χ1v) is 7.53. The third-order valence-corrected chi connectivity index (χ3v) is 4.17. The predicted octanol–water partition coefficient (Wildman–Crippen LogP) is 2.76. The highest BCUT2D eigenvalue weighted by Gasteiger charge is 2.18. The molecule has 118 valence electrons. The number of carbonyl (C=O) groups is 1. The van der Waals surface area contributed by atoms with Crippen molar-refractivity contribution >= 4 is 35.6 Å². The lowest BCUT2D eigenvalue weighted by Crippen LogP contribution is -2.37. The van der Waals surface area contributed by atoms with Gasteiger partial charge in [0.05, 0.1) is 10.7 Å². The SMILES string of the molecule is Cl.NCC1CCN(CCC(=O)Nc2ccccc2Cl)CC1. The van der Waals surface area contributed by atoms with Gasteiger partial charge in [0.25, 0.3) is 0 Å². The van der Waals surface area contributed by atoms with E-state index in [0.717, 1.165) is 39.0 Å². The van der Waals surface area contributed by atoms with Crippen LogP contribution in [0.15, 0.2) is 24.3 Å². The second-order valence-electron chi connectivity index (χ2n) is 5.30. The van der Waals surface area contributed by atoms with E-state index in [1.54, 1.807) is 6.07 Å². The number of hydrogen-bond acceptors (Lipinski definition) is 3. The van der Waals surface area contributed by atoms with Crippen LogP contribution in [-0.4, -0.2) is 37.0 Å². The van der Waals surface area contributed by atoms with E-state index in [4.69, 9.17) is 17.3 Å². The summed E-state index contributed by atoms with van der Waals surface area (Å²) in [5.41, 5.74) is 6.36. The molecule has 1 heterocycles. The summed E-state index contributed by atoms with van der Waals surface area (Å²) in [6.07, 6.45) is 2.78. The van der Waals surface area contributed by atoms with Crippen LogP contribution in [0.2, 0.25) is 5.02 Å². The summed E-state index contributed by atoms with van der Waals surface area (Å²) >= 11 is 6.01. The van der Waals surface area contributed by atoms with Crippen LogP contribution in [0.25, 0.3) is 0 Å². The van der Waals surface area contributed by atoms with Gasteiger partial charge in [-0.3, -0.25) is 4.79 Å². The highest BCUT2D eigenvalue weighted by atomic mass is 35.5. The highest BCUT2D eigenvalue weighted by molar-refractivity contribution is 6.33. The molecular formula is C15H23Cl2N3O. The molecule has 1 aromatic carbocycles. The first kappa shape index (κ1) is 18.2. The van der Waals surface area contributed by atoms with Crippen molar-refractivity contribution < 1.29 is 4.79 Å². The standard InChI is InChI=1S/C15H22ClN3O.ClH/c16-13-3-1-2-4-14(13)18-15(20)7-10-19-8-5-12(11-17)6-9-19;/h1-4,12H,5-11,17H2,(H,18,20);1H. The van der Waals surface area contributed by atoms with Crippen LogP contribution in [0.5, 0.6) is 0 Å². The van der Waals surface area contributed by atoms with Crippen LogP contribution in [0, 0.1) is 5.92 Å². The largest absolute Gasteiger partial charge is 0.330 e. The molecule has 1 aliphatic heterocycles. The fourth-order valence-corrected chi connectivity index (χ4v) is 2.66. The summed E-state index contributed by atoms with van der Waals surface area (Å²) in [5, 5.41) is 3.43. The van der Waals surface area contributed by atoms with Crippen molar-refractivity contribution in [2.24, 2.45) is 11.7 Å². The van der Waals surface area contributed by atoms with Crippen molar-refractivity contribution in [2.45, 2.75) is 19.3 Å². The van der Waals surface area contributed by atoms with Crippen LogP contribution in [0.3, 0.4) is 0 Å². The summed E-state index contributed by atoms with van der Waals surface area (Å²) in [7, 11) is 0. The smallest absolute Gasteiger partial charge is 0.225 e. The quantitative estimate of drug-likeness (QED) is 0.872. The molecule has 21 heavy (non-hydrogen) atoms. The van der Waals surface area contributed by atoms with Crippen molar-refractivity contribution in [3.8, 4) is 0 Å². The van der Waals surface area contributed by atoms with E-state index in [1.165, 1.54) is 0 Å². The fraction of sp³-hybridized carbons (Fsp3) is 0.533. The number of hydrogen-bond donors (Lipinski definition) is 2. The lowest BCUT2D eigenvalue weighted by Gasteiger charge is -2.31. The van der Waals surface area contributed by atoms with E-state index in [-0.39, 0.29) is 18.3 Å². The van der Waals surface area contributed by atoms with Crippen LogP contribution in [0.4, 0.5) is 5.69 Å². The molecule has 1 saturated heterocycles. The lowest BCUT2D eigenvalue weighted by molar-refractivity contribution is -0.116. The average Bonchev–Trinajstić information content (AvgIpc) is 2.48. The number of rotatable bonds is 5. The van der Waals surface area contributed by atoms with E-state index in [9.17, 15) is 4.79 Å². The predicted molar refractivity (Wildman–Crippen MR) is 90.2 cm³/mol. The first-order chi connectivity index (χ1) is 9.69. The Morgan fingerprint density at radius 2 is 2.00 bits per heavy atom. The summed E-state index contributed by atoms with van der Waals surface area (Å²) in [6.45, 7) is 3.66. The van der Waals surface area contributed by atoms with Gasteiger partial charge in [-0.15, -0.1) is 12.4 Å². The maximum atomic E-state index is 11.9. The Hall–Kier alpha value is -0.810. The molecule has 1 amide bonds. The van der Waals surface area contributed by atoms with Gasteiger partial charge < -0.3 is 16.0 Å². The zero-order valence-corrected chi connectivity index (χ0v) is 13.6. The van der Waals surface area contributed by atoms with Crippen LogP contribution in [0.1, 0.15) is 19.3 Å². The fourth-order valence-electron chi connectivity index (χ4n) is 2.48. The number of carbonyl (C=O) groups excluding carboxylic acids is 1. The van der Waals surface area contributed by atoms with Gasteiger partial charge in [0, 0.05) is 13.0 Å². The summed E-state index contributed by atoms with van der Waals surface area (Å²) in [5.74, 6) is 0.669. The van der Waals surface area contributed by atoms with Gasteiger partial charge in [-0.1, -0.05) is 23.7 Å². The topological polar surface area (TPSA) is 58.4 Å². The molecule has 6 heteroatoms. The van der Waals surface area contributed by atoms with E-state index in [1.807, 2.05) is 18.2 Å². The van der Waals surface area contributed by atoms with Crippen molar-refractivity contribution in [3.05, 3.63) is 29.3 Å². The Kier molecular flexibility index (Phi) is 8.04. The van der Waals surface area contributed by atoms with Crippen LogP contribution in [-0.2, 0) is 4.79 Å². The summed E-state index contributed by atoms with van der Waals surface area (Å²) in [6, 6.07) is 7.29. The van der Waals surface area contributed by atoms with Gasteiger partial charge in [-0.2, -0.15) is 0 Å². The molecule has 0 atom stereocenters. The maximum absolute atomic E-state index is 11.9. The molecule has 0 spiro atoms. The van der Waals surface area contributed by atoms with Crippen molar-refractivity contribution in [1.29, 1.82) is 0 Å². The Balaban J connectivity index is 0.00000220. The Morgan fingerprint density at radius 3 is 2.62 bits per heavy atom. The number of para-hydroxylation sites is 1. The summed E-state index contributed by atoms with van der Waals surface area (Å²) < 4.78 is 0. The molecule has 1 fully saturated rings. The monoisotopic (exact) mass is 331 g/mol. The number of nitrogens with zero attached hydrogens (tertiary/aromatic N) is 1. The minimum atomic E-state index is 0. The molecule has 0 radical (unpaired) electrons. The number of likely N-dealkylation sites (tertiary alicyclic amines) is 1. The van der Waals surface area contributed by atoms with E-state index >= 15 is 0 Å². The normalized spacial score (nSPS) is 16.3. The lowest BCUT2D eigenvalue weighted by atomic mass is 9.97. The van der Waals surface area contributed by atoms with Gasteiger partial charge in [0.15, 0.2) is 0 Å². The third-order valence-electron chi connectivity index (χ3n) is 3.84. The molecule has 2 rings (SSSR count). The number of anilines is 1. The third kappa shape index (κ3) is 5.83. The number of nitrogens with two attached hydrogens (primary N) is 1. The first-order valence-electron chi connectivity index (χ1n) is 7.16. The molecule has 0 unspecified atom stereocenters. The zero-order valence-electron chi connectivity index (χ0n) is 12.1. The highest BCUT2D eigenvalue weighted by Crippen LogP contribution is 2.21. The van der Waals surface area contributed by atoms with Gasteiger partial charge in [0.2, 0.25) is 5.91 Å². The number of piperidine rings is 1. The van der Waals surface area contributed by atoms with E-state index in [2.05, 4.69) is 10.2 Å². The zero-order chi connectivity index (χ0) is 14.4. The Labute approximate surface area is 137 Å². The minimum absolute atomic E-state index is 0. The van der Waals surface area contributed by atoms with Gasteiger partial charge >= 0.3 is 0 Å². The molecule has 0 saturated carbocycles. The number of amides is 1. The molecule has 3 N–H and O–H groups in total. The molecule has 0 bridgehead atoms.